The number of carbonyl (C=O) groups is 1. The molecule has 3 aromatic carbocycles. The van der Waals surface area contributed by atoms with Gasteiger partial charge in [-0.3, -0.25) is 4.79 Å². The Morgan fingerprint density at radius 3 is 2.28 bits per heavy atom. The zero-order valence-corrected chi connectivity index (χ0v) is 14.6. The van der Waals surface area contributed by atoms with Gasteiger partial charge in [-0.2, -0.15) is 0 Å². The van der Waals surface area contributed by atoms with Crippen LogP contribution < -0.4 is 11.1 Å². The zero-order valence-electron chi connectivity index (χ0n) is 13.8. The lowest BCUT2D eigenvalue weighted by atomic mass is 10.1. The second-order valence-corrected chi connectivity index (χ2v) is 6.82. The van der Waals surface area contributed by atoms with Crippen molar-refractivity contribution < 1.29 is 4.79 Å². The second-order valence-electron chi connectivity index (χ2n) is 5.65. The molecule has 0 atom stereocenters. The van der Waals surface area contributed by atoms with E-state index in [0.717, 1.165) is 12.2 Å². The van der Waals surface area contributed by atoms with E-state index >= 15 is 0 Å². The average molecular weight is 348 g/mol. The Bertz CT molecular complexity index is 832. The second kappa shape index (κ2) is 8.40. The quantitative estimate of drug-likeness (QED) is 0.494. The Morgan fingerprint density at radius 1 is 0.880 bits per heavy atom. The van der Waals surface area contributed by atoms with E-state index in [9.17, 15) is 4.79 Å². The number of amides is 1. The maximum Gasteiger partial charge on any atom is 0.255 e. The Hall–Kier alpha value is -2.72. The number of nitrogens with two attached hydrogens (primary N) is 1. The standard InChI is InChI=1S/C21H20N2OS/c22-19-8-4-5-9-20(19)23-21(24)17-12-10-16(11-13-17)14-15-25-18-6-2-1-3-7-18/h1-13H,14-15,22H2,(H,23,24). The number of aryl methyl sites for hydroxylation is 1. The van der Waals surface area contributed by atoms with Gasteiger partial charge in [0.1, 0.15) is 0 Å². The maximum atomic E-state index is 12.3. The number of hydrogen-bond acceptors (Lipinski definition) is 3. The first-order chi connectivity index (χ1) is 12.2. The first kappa shape index (κ1) is 17.1. The molecule has 3 rings (SSSR count). The van der Waals surface area contributed by atoms with Crippen molar-refractivity contribution in [2.45, 2.75) is 11.3 Å². The van der Waals surface area contributed by atoms with Crippen LogP contribution in [0.4, 0.5) is 11.4 Å². The monoisotopic (exact) mass is 348 g/mol. The van der Waals surface area contributed by atoms with E-state index in [1.54, 1.807) is 12.1 Å². The highest BCUT2D eigenvalue weighted by Gasteiger charge is 2.07. The molecule has 0 radical (unpaired) electrons. The van der Waals surface area contributed by atoms with Gasteiger partial charge in [0.2, 0.25) is 0 Å². The molecule has 0 saturated carbocycles. The minimum Gasteiger partial charge on any atom is -0.397 e. The highest BCUT2D eigenvalue weighted by molar-refractivity contribution is 7.99. The Morgan fingerprint density at radius 2 is 1.56 bits per heavy atom. The number of hydrogen-bond donors (Lipinski definition) is 2. The molecular formula is C21H20N2OS. The summed E-state index contributed by atoms with van der Waals surface area (Å²) < 4.78 is 0. The topological polar surface area (TPSA) is 55.1 Å². The highest BCUT2D eigenvalue weighted by Crippen LogP contribution is 2.20. The molecule has 0 spiro atoms. The van der Waals surface area contributed by atoms with E-state index in [0.29, 0.717) is 16.9 Å². The van der Waals surface area contributed by atoms with E-state index in [-0.39, 0.29) is 5.91 Å². The molecule has 0 bridgehead atoms. The highest BCUT2D eigenvalue weighted by atomic mass is 32.2. The molecule has 126 valence electrons. The molecule has 1 amide bonds. The van der Waals surface area contributed by atoms with Crippen molar-refractivity contribution in [3.63, 3.8) is 0 Å². The van der Waals surface area contributed by atoms with Crippen LogP contribution in [0.5, 0.6) is 0 Å². The normalized spacial score (nSPS) is 10.4. The predicted molar refractivity (Wildman–Crippen MR) is 106 cm³/mol. The number of carbonyl (C=O) groups excluding carboxylic acids is 1. The maximum absolute atomic E-state index is 12.3. The van der Waals surface area contributed by atoms with Crippen LogP contribution in [0.3, 0.4) is 0 Å². The number of para-hydroxylation sites is 2. The Kier molecular flexibility index (Phi) is 5.75. The Balaban J connectivity index is 1.54. The first-order valence-electron chi connectivity index (χ1n) is 8.15. The molecule has 3 nitrogen and oxygen atoms in total. The minimum absolute atomic E-state index is 0.150. The van der Waals surface area contributed by atoms with Crippen molar-refractivity contribution in [3.8, 4) is 0 Å². The zero-order chi connectivity index (χ0) is 17.5. The van der Waals surface area contributed by atoms with Gasteiger partial charge in [-0.15, -0.1) is 11.8 Å². The lowest BCUT2D eigenvalue weighted by molar-refractivity contribution is 0.102. The summed E-state index contributed by atoms with van der Waals surface area (Å²) in [5.41, 5.74) is 8.90. The van der Waals surface area contributed by atoms with Gasteiger partial charge < -0.3 is 11.1 Å². The SMILES string of the molecule is Nc1ccccc1NC(=O)c1ccc(CCSc2ccccc2)cc1. The van der Waals surface area contributed by atoms with E-state index < -0.39 is 0 Å². The lowest BCUT2D eigenvalue weighted by Crippen LogP contribution is -2.13. The number of nitrogen functional groups attached to an aromatic ring is 1. The largest absolute Gasteiger partial charge is 0.397 e. The summed E-state index contributed by atoms with van der Waals surface area (Å²) in [6.07, 6.45) is 0.965. The molecule has 3 aromatic rings. The van der Waals surface area contributed by atoms with Crippen molar-refractivity contribution in [2.75, 3.05) is 16.8 Å². The fourth-order valence-corrected chi connectivity index (χ4v) is 3.35. The molecule has 0 unspecified atom stereocenters. The smallest absolute Gasteiger partial charge is 0.255 e. The van der Waals surface area contributed by atoms with Crippen LogP contribution in [-0.4, -0.2) is 11.7 Å². The van der Waals surface area contributed by atoms with Gasteiger partial charge in [0.05, 0.1) is 11.4 Å². The number of anilines is 2. The molecule has 0 aliphatic carbocycles. The summed E-state index contributed by atoms with van der Waals surface area (Å²) in [6.45, 7) is 0. The third-order valence-corrected chi connectivity index (χ3v) is 4.84. The average Bonchev–Trinajstić information content (AvgIpc) is 2.65. The lowest BCUT2D eigenvalue weighted by Gasteiger charge is -2.08. The number of nitrogens with one attached hydrogen (secondary N) is 1. The summed E-state index contributed by atoms with van der Waals surface area (Å²) in [5.74, 6) is 0.860. The van der Waals surface area contributed by atoms with Crippen molar-refractivity contribution in [2.24, 2.45) is 0 Å². The molecule has 4 heteroatoms. The molecule has 0 aromatic heterocycles. The third kappa shape index (κ3) is 4.88. The van der Waals surface area contributed by atoms with Crippen molar-refractivity contribution >= 4 is 29.0 Å². The summed E-state index contributed by atoms with van der Waals surface area (Å²) >= 11 is 1.84. The minimum atomic E-state index is -0.150. The van der Waals surface area contributed by atoms with Crippen molar-refractivity contribution in [1.82, 2.24) is 0 Å². The molecule has 0 aliphatic heterocycles. The van der Waals surface area contributed by atoms with E-state index in [1.165, 1.54) is 10.5 Å². The van der Waals surface area contributed by atoms with Gasteiger partial charge in [-0.05, 0) is 48.4 Å². The van der Waals surface area contributed by atoms with Gasteiger partial charge in [0.25, 0.3) is 5.91 Å². The van der Waals surface area contributed by atoms with Gasteiger partial charge in [0, 0.05) is 16.2 Å². The van der Waals surface area contributed by atoms with Crippen LogP contribution in [0.25, 0.3) is 0 Å². The van der Waals surface area contributed by atoms with E-state index in [4.69, 9.17) is 5.73 Å². The number of rotatable bonds is 6. The number of thioether (sulfide) groups is 1. The molecule has 0 aliphatic rings. The molecule has 0 heterocycles. The Labute approximate surface area is 152 Å². The summed E-state index contributed by atoms with van der Waals surface area (Å²) in [4.78, 5) is 13.6. The predicted octanol–water partition coefficient (Wildman–Crippen LogP) is 4.86. The molecule has 25 heavy (non-hydrogen) atoms. The molecule has 0 saturated heterocycles. The summed E-state index contributed by atoms with van der Waals surface area (Å²) in [5, 5.41) is 2.84. The van der Waals surface area contributed by atoms with Crippen molar-refractivity contribution in [3.05, 3.63) is 90.0 Å². The van der Waals surface area contributed by atoms with Gasteiger partial charge in [-0.1, -0.05) is 42.5 Å². The van der Waals surface area contributed by atoms with Crippen LogP contribution in [-0.2, 0) is 6.42 Å². The van der Waals surface area contributed by atoms with Crippen LogP contribution in [0.1, 0.15) is 15.9 Å². The van der Waals surface area contributed by atoms with Crippen LogP contribution in [0, 0.1) is 0 Å². The van der Waals surface area contributed by atoms with Gasteiger partial charge >= 0.3 is 0 Å². The van der Waals surface area contributed by atoms with E-state index in [2.05, 4.69) is 29.6 Å². The van der Waals surface area contributed by atoms with Gasteiger partial charge in [-0.25, -0.2) is 0 Å². The van der Waals surface area contributed by atoms with E-state index in [1.807, 2.05) is 54.2 Å². The van der Waals surface area contributed by atoms with Crippen LogP contribution in [0.15, 0.2) is 83.8 Å². The third-order valence-electron chi connectivity index (χ3n) is 3.83. The molecular weight excluding hydrogens is 328 g/mol. The van der Waals surface area contributed by atoms with Crippen molar-refractivity contribution in [1.29, 1.82) is 0 Å². The first-order valence-corrected chi connectivity index (χ1v) is 9.13. The molecule has 0 fully saturated rings. The summed E-state index contributed by atoms with van der Waals surface area (Å²) in [6, 6.07) is 25.3. The summed E-state index contributed by atoms with van der Waals surface area (Å²) in [7, 11) is 0. The van der Waals surface area contributed by atoms with Crippen LogP contribution >= 0.6 is 11.8 Å². The van der Waals surface area contributed by atoms with Crippen LogP contribution in [0.2, 0.25) is 0 Å². The van der Waals surface area contributed by atoms with Gasteiger partial charge in [0.15, 0.2) is 0 Å². The number of benzene rings is 3. The fraction of sp³-hybridized carbons (Fsp3) is 0.0952. The fourth-order valence-electron chi connectivity index (χ4n) is 2.43. The molecule has 3 N–H and O–H groups in total.